The van der Waals surface area contributed by atoms with Crippen LogP contribution in [-0.2, 0) is 4.79 Å². The van der Waals surface area contributed by atoms with Crippen molar-refractivity contribution < 1.29 is 9.90 Å². The minimum absolute atomic E-state index is 0.0263. The summed E-state index contributed by atoms with van der Waals surface area (Å²) >= 11 is 0. The predicted molar refractivity (Wildman–Crippen MR) is 76.4 cm³/mol. The Morgan fingerprint density at radius 1 is 1.32 bits per heavy atom. The van der Waals surface area contributed by atoms with E-state index in [9.17, 15) is 4.79 Å². The van der Waals surface area contributed by atoms with Crippen molar-refractivity contribution in [1.29, 1.82) is 0 Å². The van der Waals surface area contributed by atoms with E-state index in [1.165, 1.54) is 0 Å². The van der Waals surface area contributed by atoms with Crippen molar-refractivity contribution in [1.82, 2.24) is 5.32 Å². The summed E-state index contributed by atoms with van der Waals surface area (Å²) in [7, 11) is 0. The van der Waals surface area contributed by atoms with Gasteiger partial charge < -0.3 is 15.3 Å². The van der Waals surface area contributed by atoms with Gasteiger partial charge in [0, 0.05) is 24.9 Å². The van der Waals surface area contributed by atoms with Crippen LogP contribution in [0.5, 0.6) is 0 Å². The van der Waals surface area contributed by atoms with Crippen LogP contribution in [0.1, 0.15) is 24.5 Å². The van der Waals surface area contributed by atoms with Crippen molar-refractivity contribution in [2.75, 3.05) is 18.1 Å². The number of hydrogen-bond acceptors (Lipinski definition) is 3. The maximum atomic E-state index is 12.5. The Labute approximate surface area is 114 Å². The van der Waals surface area contributed by atoms with Crippen LogP contribution in [-0.4, -0.2) is 36.2 Å². The van der Waals surface area contributed by atoms with Crippen molar-refractivity contribution in [2.24, 2.45) is 0 Å². The van der Waals surface area contributed by atoms with Crippen molar-refractivity contribution >= 4 is 11.6 Å². The lowest BCUT2D eigenvalue weighted by Gasteiger charge is -2.38. The first-order valence-electron chi connectivity index (χ1n) is 6.78. The number of amides is 1. The first-order valence-corrected chi connectivity index (χ1v) is 6.78. The third-order valence-corrected chi connectivity index (χ3v) is 3.54. The minimum Gasteiger partial charge on any atom is -0.396 e. The number of hydrogen-bond donors (Lipinski definition) is 2. The highest BCUT2D eigenvalue weighted by molar-refractivity contribution is 5.98. The molecule has 1 fully saturated rings. The van der Waals surface area contributed by atoms with Crippen LogP contribution in [0.2, 0.25) is 0 Å². The molecule has 104 valence electrons. The van der Waals surface area contributed by atoms with Crippen LogP contribution in [0.25, 0.3) is 0 Å². The fraction of sp³-hybridized carbons (Fsp3) is 0.533. The van der Waals surface area contributed by atoms with E-state index in [1.807, 2.05) is 37.8 Å². The number of carbonyl (C=O) groups is 1. The Kier molecular flexibility index (Phi) is 4.22. The Morgan fingerprint density at radius 2 is 1.95 bits per heavy atom. The van der Waals surface area contributed by atoms with Gasteiger partial charge in [-0.05, 0) is 50.5 Å². The van der Waals surface area contributed by atoms with Gasteiger partial charge in [0.15, 0.2) is 0 Å². The molecule has 1 aliphatic rings. The van der Waals surface area contributed by atoms with Gasteiger partial charge in [-0.1, -0.05) is 6.07 Å². The fourth-order valence-electron chi connectivity index (χ4n) is 2.70. The molecule has 1 saturated heterocycles. The number of benzene rings is 1. The fourth-order valence-corrected chi connectivity index (χ4v) is 2.70. The summed E-state index contributed by atoms with van der Waals surface area (Å²) in [6.45, 7) is 6.90. The lowest BCUT2D eigenvalue weighted by Crippen LogP contribution is -2.59. The molecule has 1 aromatic rings. The van der Waals surface area contributed by atoms with Gasteiger partial charge in [0.05, 0.1) is 6.04 Å². The van der Waals surface area contributed by atoms with Gasteiger partial charge in [-0.2, -0.15) is 0 Å². The summed E-state index contributed by atoms with van der Waals surface area (Å²) in [5.74, 6) is 0.0535. The monoisotopic (exact) mass is 262 g/mol. The van der Waals surface area contributed by atoms with Gasteiger partial charge in [0.1, 0.15) is 0 Å². The van der Waals surface area contributed by atoms with E-state index in [0.29, 0.717) is 6.42 Å². The van der Waals surface area contributed by atoms with Crippen LogP contribution in [0, 0.1) is 13.8 Å². The standard InChI is InChI=1S/C15H22N2O2/c1-10-6-11(2)8-13(7-10)17-12(3)9-16-14(4-5-18)15(17)19/h6-8,12,14,16,18H,4-5,9H2,1-3H3. The molecule has 0 aromatic heterocycles. The number of rotatable bonds is 3. The van der Waals surface area contributed by atoms with Crippen molar-refractivity contribution in [3.05, 3.63) is 29.3 Å². The molecule has 2 unspecified atom stereocenters. The number of aryl methyl sites for hydroxylation is 2. The average molecular weight is 262 g/mol. The second-order valence-electron chi connectivity index (χ2n) is 5.38. The number of aliphatic hydroxyl groups excluding tert-OH is 1. The normalized spacial score (nSPS) is 23.8. The highest BCUT2D eigenvalue weighted by Crippen LogP contribution is 2.24. The Morgan fingerprint density at radius 3 is 2.53 bits per heavy atom. The largest absolute Gasteiger partial charge is 0.396 e. The molecule has 2 atom stereocenters. The van der Waals surface area contributed by atoms with E-state index in [0.717, 1.165) is 23.4 Å². The Bertz CT molecular complexity index is 453. The third-order valence-electron chi connectivity index (χ3n) is 3.54. The predicted octanol–water partition coefficient (Wildman–Crippen LogP) is 1.38. The summed E-state index contributed by atoms with van der Waals surface area (Å²) < 4.78 is 0. The van der Waals surface area contributed by atoms with Crippen LogP contribution in [0.4, 0.5) is 5.69 Å². The van der Waals surface area contributed by atoms with Crippen LogP contribution in [0.3, 0.4) is 0 Å². The molecular weight excluding hydrogens is 240 g/mol. The molecular formula is C15H22N2O2. The first kappa shape index (κ1) is 14.0. The first-order chi connectivity index (χ1) is 9.02. The maximum Gasteiger partial charge on any atom is 0.244 e. The smallest absolute Gasteiger partial charge is 0.244 e. The number of piperazine rings is 1. The molecule has 1 aliphatic heterocycles. The van der Waals surface area contributed by atoms with E-state index >= 15 is 0 Å². The summed E-state index contributed by atoms with van der Waals surface area (Å²) in [4.78, 5) is 14.4. The minimum atomic E-state index is -0.276. The average Bonchev–Trinajstić information content (AvgIpc) is 2.32. The summed E-state index contributed by atoms with van der Waals surface area (Å²) in [6, 6.07) is 6.04. The van der Waals surface area contributed by atoms with Gasteiger partial charge in [-0.15, -0.1) is 0 Å². The highest BCUT2D eigenvalue weighted by Gasteiger charge is 2.33. The van der Waals surface area contributed by atoms with Crippen molar-refractivity contribution in [3.8, 4) is 0 Å². The number of nitrogens with one attached hydrogen (secondary N) is 1. The third kappa shape index (κ3) is 2.96. The molecule has 1 heterocycles. The molecule has 0 aliphatic carbocycles. The lowest BCUT2D eigenvalue weighted by atomic mass is 10.0. The van der Waals surface area contributed by atoms with Crippen LogP contribution >= 0.6 is 0 Å². The summed E-state index contributed by atoms with van der Waals surface area (Å²) in [6.07, 6.45) is 0.465. The maximum absolute atomic E-state index is 12.5. The molecule has 1 amide bonds. The zero-order valence-electron chi connectivity index (χ0n) is 11.8. The van der Waals surface area contributed by atoms with Crippen molar-refractivity contribution in [3.63, 3.8) is 0 Å². The second kappa shape index (κ2) is 5.72. The molecule has 2 rings (SSSR count). The van der Waals surface area contributed by atoms with E-state index in [1.54, 1.807) is 0 Å². The number of nitrogens with zero attached hydrogens (tertiary/aromatic N) is 1. The van der Waals surface area contributed by atoms with E-state index in [4.69, 9.17) is 5.11 Å². The summed E-state index contributed by atoms with van der Waals surface area (Å²) in [5.41, 5.74) is 3.28. The van der Waals surface area contributed by atoms with E-state index < -0.39 is 0 Å². The van der Waals surface area contributed by atoms with E-state index in [2.05, 4.69) is 11.4 Å². The van der Waals surface area contributed by atoms with Gasteiger partial charge >= 0.3 is 0 Å². The molecule has 0 radical (unpaired) electrons. The lowest BCUT2D eigenvalue weighted by molar-refractivity contribution is -0.122. The van der Waals surface area contributed by atoms with Crippen LogP contribution < -0.4 is 10.2 Å². The van der Waals surface area contributed by atoms with Crippen molar-refractivity contribution in [2.45, 2.75) is 39.3 Å². The molecule has 0 saturated carbocycles. The molecule has 4 nitrogen and oxygen atoms in total. The molecule has 0 spiro atoms. The van der Waals surface area contributed by atoms with Gasteiger partial charge in [-0.25, -0.2) is 0 Å². The molecule has 4 heteroatoms. The molecule has 2 N–H and O–H groups in total. The van der Waals surface area contributed by atoms with Gasteiger partial charge in [-0.3, -0.25) is 4.79 Å². The molecule has 0 bridgehead atoms. The second-order valence-corrected chi connectivity index (χ2v) is 5.38. The summed E-state index contributed by atoms with van der Waals surface area (Å²) in [5, 5.41) is 12.2. The Hall–Kier alpha value is -1.39. The zero-order valence-corrected chi connectivity index (χ0v) is 11.8. The molecule has 1 aromatic carbocycles. The van der Waals surface area contributed by atoms with E-state index in [-0.39, 0.29) is 24.6 Å². The van der Waals surface area contributed by atoms with Crippen LogP contribution in [0.15, 0.2) is 18.2 Å². The zero-order chi connectivity index (χ0) is 14.0. The number of anilines is 1. The van der Waals surface area contributed by atoms with Gasteiger partial charge in [0.25, 0.3) is 0 Å². The number of aliphatic hydroxyl groups is 1. The highest BCUT2D eigenvalue weighted by atomic mass is 16.3. The number of carbonyl (C=O) groups excluding carboxylic acids is 1. The van der Waals surface area contributed by atoms with Gasteiger partial charge in [0.2, 0.25) is 5.91 Å². The Balaban J connectivity index is 2.31. The topological polar surface area (TPSA) is 52.6 Å². The quantitative estimate of drug-likeness (QED) is 0.865. The SMILES string of the molecule is Cc1cc(C)cc(N2C(=O)C(CCO)NCC2C)c1. The molecule has 19 heavy (non-hydrogen) atoms.